The lowest BCUT2D eigenvalue weighted by atomic mass is 9.94. The second-order valence-electron chi connectivity index (χ2n) is 5.40. The summed E-state index contributed by atoms with van der Waals surface area (Å²) in [6.45, 7) is 9.37. The summed E-state index contributed by atoms with van der Waals surface area (Å²) in [4.78, 5) is 12.5. The maximum atomic E-state index is 13.2. The molecule has 0 fully saturated rings. The SMILES string of the molecule is CCCC(C)C(C(C(=O)OCC)P(=O)(OCC)OCC)N(C)O. The van der Waals surface area contributed by atoms with Crippen molar-refractivity contribution >= 4 is 13.6 Å². The molecular formula is C15H32NO6P. The molecule has 0 spiro atoms. The van der Waals surface area contributed by atoms with Crippen molar-refractivity contribution < 1.29 is 28.4 Å². The van der Waals surface area contributed by atoms with Crippen LogP contribution in [0.25, 0.3) is 0 Å². The zero-order valence-electron chi connectivity index (χ0n) is 15.2. The molecule has 0 heterocycles. The van der Waals surface area contributed by atoms with Crippen LogP contribution in [-0.2, 0) is 23.1 Å². The van der Waals surface area contributed by atoms with Crippen LogP contribution in [0.15, 0.2) is 0 Å². The van der Waals surface area contributed by atoms with Gasteiger partial charge in [0.1, 0.15) is 0 Å². The summed E-state index contributed by atoms with van der Waals surface area (Å²) in [6.07, 6.45) is 1.62. The van der Waals surface area contributed by atoms with Crippen molar-refractivity contribution in [3.05, 3.63) is 0 Å². The molecule has 0 amide bonds. The number of hydrogen-bond donors (Lipinski definition) is 1. The fourth-order valence-corrected chi connectivity index (χ4v) is 5.06. The van der Waals surface area contributed by atoms with Crippen LogP contribution in [0, 0.1) is 5.92 Å². The molecule has 0 aromatic heterocycles. The molecule has 3 atom stereocenters. The summed E-state index contributed by atoms with van der Waals surface area (Å²) >= 11 is 0. The van der Waals surface area contributed by atoms with Crippen molar-refractivity contribution in [2.45, 2.75) is 59.2 Å². The fraction of sp³-hybridized carbons (Fsp3) is 0.933. The molecule has 0 aliphatic heterocycles. The molecule has 138 valence electrons. The number of carbonyl (C=O) groups is 1. The van der Waals surface area contributed by atoms with Crippen LogP contribution in [0.2, 0.25) is 0 Å². The molecule has 0 aliphatic carbocycles. The Labute approximate surface area is 139 Å². The van der Waals surface area contributed by atoms with E-state index in [9.17, 15) is 14.6 Å². The number of carbonyl (C=O) groups excluding carboxylic acids is 1. The van der Waals surface area contributed by atoms with Gasteiger partial charge in [0.2, 0.25) is 0 Å². The van der Waals surface area contributed by atoms with Crippen LogP contribution in [0.5, 0.6) is 0 Å². The van der Waals surface area contributed by atoms with E-state index < -0.39 is 25.3 Å². The molecule has 0 aromatic rings. The Morgan fingerprint density at radius 2 is 1.65 bits per heavy atom. The summed E-state index contributed by atoms with van der Waals surface area (Å²) in [7, 11) is -2.34. The Hall–Kier alpha value is -0.460. The van der Waals surface area contributed by atoms with Gasteiger partial charge in [-0.15, -0.1) is 0 Å². The van der Waals surface area contributed by atoms with Crippen LogP contribution < -0.4 is 0 Å². The Bertz CT molecular complexity index is 380. The van der Waals surface area contributed by atoms with E-state index in [1.807, 2.05) is 13.8 Å². The van der Waals surface area contributed by atoms with Gasteiger partial charge >= 0.3 is 13.6 Å². The number of ether oxygens (including phenoxy) is 1. The number of hydrogen-bond acceptors (Lipinski definition) is 7. The number of esters is 1. The number of nitrogens with zero attached hydrogens (tertiary/aromatic N) is 1. The van der Waals surface area contributed by atoms with Gasteiger partial charge in [-0.1, -0.05) is 20.3 Å². The maximum absolute atomic E-state index is 13.2. The molecule has 0 aliphatic rings. The molecule has 0 saturated heterocycles. The summed E-state index contributed by atoms with van der Waals surface area (Å²) < 4.78 is 29.0. The van der Waals surface area contributed by atoms with Crippen LogP contribution in [0.1, 0.15) is 47.5 Å². The summed E-state index contributed by atoms with van der Waals surface area (Å²) in [5.41, 5.74) is -1.20. The normalized spacial score (nSPS) is 16.2. The van der Waals surface area contributed by atoms with Gasteiger partial charge in [-0.3, -0.25) is 9.36 Å². The minimum Gasteiger partial charge on any atom is -0.465 e. The second-order valence-corrected chi connectivity index (χ2v) is 7.55. The third kappa shape index (κ3) is 6.51. The number of rotatable bonds is 12. The van der Waals surface area contributed by atoms with Crippen LogP contribution in [0.4, 0.5) is 0 Å². The Kier molecular flexibility index (Phi) is 10.9. The quantitative estimate of drug-likeness (QED) is 0.327. The first-order valence-corrected chi connectivity index (χ1v) is 9.87. The maximum Gasteiger partial charge on any atom is 0.346 e. The Morgan fingerprint density at radius 1 is 1.13 bits per heavy atom. The molecule has 0 rings (SSSR count). The van der Waals surface area contributed by atoms with E-state index in [4.69, 9.17) is 13.8 Å². The summed E-state index contributed by atoms with van der Waals surface area (Å²) in [6, 6.07) is -0.724. The highest BCUT2D eigenvalue weighted by Crippen LogP contribution is 2.56. The predicted octanol–water partition coefficient (Wildman–Crippen LogP) is 3.31. The lowest BCUT2D eigenvalue weighted by Gasteiger charge is -2.36. The van der Waals surface area contributed by atoms with E-state index in [0.29, 0.717) is 0 Å². The fourth-order valence-electron chi connectivity index (χ4n) is 2.75. The minimum atomic E-state index is -3.78. The van der Waals surface area contributed by atoms with Gasteiger partial charge in [-0.05, 0) is 33.1 Å². The van der Waals surface area contributed by atoms with Crippen LogP contribution in [-0.4, -0.2) is 54.8 Å². The highest BCUT2D eigenvalue weighted by molar-refractivity contribution is 7.55. The van der Waals surface area contributed by atoms with Crippen molar-refractivity contribution in [2.24, 2.45) is 5.92 Å². The zero-order valence-corrected chi connectivity index (χ0v) is 16.0. The monoisotopic (exact) mass is 353 g/mol. The Balaban J connectivity index is 5.87. The molecule has 0 bridgehead atoms. The standard InChI is InChI=1S/C15H32NO6P/c1-7-11-12(5)13(16(6)18)14(15(17)20-8-2)23(19,21-9-3)22-10-4/h12-14,18H,7-11H2,1-6H3. The lowest BCUT2D eigenvalue weighted by molar-refractivity contribution is -0.156. The minimum absolute atomic E-state index is 0.0985. The first-order valence-electron chi connectivity index (χ1n) is 8.25. The molecule has 0 radical (unpaired) electrons. The highest BCUT2D eigenvalue weighted by atomic mass is 31.2. The van der Waals surface area contributed by atoms with E-state index in [2.05, 4.69) is 0 Å². The Morgan fingerprint density at radius 3 is 2.00 bits per heavy atom. The van der Waals surface area contributed by atoms with E-state index in [-0.39, 0.29) is 25.7 Å². The van der Waals surface area contributed by atoms with Crippen molar-refractivity contribution in [1.29, 1.82) is 0 Å². The first-order chi connectivity index (χ1) is 10.8. The van der Waals surface area contributed by atoms with Gasteiger partial charge in [-0.25, -0.2) is 0 Å². The van der Waals surface area contributed by atoms with Gasteiger partial charge in [0.05, 0.1) is 25.9 Å². The lowest BCUT2D eigenvalue weighted by Crippen LogP contribution is -2.49. The molecule has 23 heavy (non-hydrogen) atoms. The zero-order chi connectivity index (χ0) is 18.0. The van der Waals surface area contributed by atoms with Gasteiger partial charge < -0.3 is 19.0 Å². The van der Waals surface area contributed by atoms with Crippen LogP contribution in [0.3, 0.4) is 0 Å². The summed E-state index contributed by atoms with van der Waals surface area (Å²) in [5.74, 6) is -0.773. The van der Waals surface area contributed by atoms with Gasteiger partial charge in [-0.2, -0.15) is 5.06 Å². The second kappa shape index (κ2) is 11.2. The largest absolute Gasteiger partial charge is 0.465 e. The predicted molar refractivity (Wildman–Crippen MR) is 88.7 cm³/mol. The average molecular weight is 353 g/mol. The van der Waals surface area contributed by atoms with E-state index in [1.54, 1.807) is 20.8 Å². The molecule has 3 unspecified atom stereocenters. The summed E-state index contributed by atoms with van der Waals surface area (Å²) in [5, 5.41) is 11.0. The van der Waals surface area contributed by atoms with Gasteiger partial charge in [0, 0.05) is 7.05 Å². The van der Waals surface area contributed by atoms with Crippen molar-refractivity contribution in [3.63, 3.8) is 0 Å². The highest BCUT2D eigenvalue weighted by Gasteiger charge is 2.50. The topological polar surface area (TPSA) is 85.3 Å². The van der Waals surface area contributed by atoms with Gasteiger partial charge in [0.15, 0.2) is 5.66 Å². The smallest absolute Gasteiger partial charge is 0.346 e. The molecule has 8 heteroatoms. The molecule has 1 N–H and O–H groups in total. The average Bonchev–Trinajstić information content (AvgIpc) is 2.44. The van der Waals surface area contributed by atoms with Crippen molar-refractivity contribution in [1.82, 2.24) is 5.06 Å². The molecular weight excluding hydrogens is 321 g/mol. The van der Waals surface area contributed by atoms with E-state index in [1.165, 1.54) is 7.05 Å². The van der Waals surface area contributed by atoms with E-state index in [0.717, 1.165) is 17.9 Å². The van der Waals surface area contributed by atoms with Crippen molar-refractivity contribution in [2.75, 3.05) is 26.9 Å². The van der Waals surface area contributed by atoms with E-state index >= 15 is 0 Å². The molecule has 0 saturated carbocycles. The van der Waals surface area contributed by atoms with Crippen LogP contribution >= 0.6 is 7.60 Å². The van der Waals surface area contributed by atoms with Crippen molar-refractivity contribution in [3.8, 4) is 0 Å². The third-order valence-corrected chi connectivity index (χ3v) is 6.00. The third-order valence-electron chi connectivity index (χ3n) is 3.57. The first kappa shape index (κ1) is 22.5. The van der Waals surface area contributed by atoms with Gasteiger partial charge in [0.25, 0.3) is 0 Å². The molecule has 7 nitrogen and oxygen atoms in total. The molecule has 0 aromatic carbocycles. The number of hydroxylamine groups is 2.